The number of rotatable bonds is 7. The van der Waals surface area contributed by atoms with Crippen LogP contribution in [0.3, 0.4) is 0 Å². The lowest BCUT2D eigenvalue weighted by atomic mass is 9.98. The number of hydrogen-bond donors (Lipinski definition) is 3. The molecule has 0 saturated carbocycles. The van der Waals surface area contributed by atoms with Gasteiger partial charge in [-0.2, -0.15) is 0 Å². The van der Waals surface area contributed by atoms with E-state index in [2.05, 4.69) is 15.0 Å². The van der Waals surface area contributed by atoms with Crippen molar-refractivity contribution in [3.05, 3.63) is 65.2 Å². The van der Waals surface area contributed by atoms with Crippen molar-refractivity contribution in [3.63, 3.8) is 0 Å². The summed E-state index contributed by atoms with van der Waals surface area (Å²) in [5, 5.41) is 12.7. The number of amidine groups is 1. The van der Waals surface area contributed by atoms with E-state index in [4.69, 9.17) is 0 Å². The molecular weight excluding hydrogens is 428 g/mol. The first-order chi connectivity index (χ1) is 14.6. The zero-order valence-electron chi connectivity index (χ0n) is 17.0. The quantitative estimate of drug-likeness (QED) is 0.600. The van der Waals surface area contributed by atoms with Gasteiger partial charge in [0.15, 0.2) is 0 Å². The molecule has 2 aromatic carbocycles. The molecule has 7 nitrogen and oxygen atoms in total. The van der Waals surface area contributed by atoms with Crippen LogP contribution in [-0.4, -0.2) is 37.9 Å². The number of aliphatic imine (C=N–C) groups is 1. The summed E-state index contributed by atoms with van der Waals surface area (Å²) in [7, 11) is -3.75. The third-order valence-corrected chi connectivity index (χ3v) is 6.57. The molecule has 0 aromatic heterocycles. The number of aliphatic hydroxyl groups is 1. The number of benzene rings is 2. The molecule has 10 heteroatoms. The number of halogens is 2. The number of carbonyl (C=O) groups is 1. The molecule has 0 spiro atoms. The van der Waals surface area contributed by atoms with Crippen molar-refractivity contribution in [3.8, 4) is 0 Å². The van der Waals surface area contributed by atoms with Gasteiger partial charge in [-0.1, -0.05) is 38.5 Å². The summed E-state index contributed by atoms with van der Waals surface area (Å²) in [6, 6.07) is 8.14. The summed E-state index contributed by atoms with van der Waals surface area (Å²) < 4.78 is 53.9. The molecule has 31 heavy (non-hydrogen) atoms. The lowest BCUT2D eigenvalue weighted by Gasteiger charge is -2.21. The largest absolute Gasteiger partial charge is 0.386 e. The maximum Gasteiger partial charge on any atom is 0.263 e. The Morgan fingerprint density at radius 2 is 1.94 bits per heavy atom. The van der Waals surface area contributed by atoms with Crippen molar-refractivity contribution in [1.29, 1.82) is 0 Å². The molecule has 1 aliphatic heterocycles. The van der Waals surface area contributed by atoms with E-state index in [1.165, 1.54) is 6.07 Å². The lowest BCUT2D eigenvalue weighted by Crippen LogP contribution is -2.40. The summed E-state index contributed by atoms with van der Waals surface area (Å²) in [5.41, 5.74) is 0.225. The van der Waals surface area contributed by atoms with Crippen LogP contribution < -0.4 is 10.0 Å². The Hall–Kier alpha value is -2.85. The average Bonchev–Trinajstić information content (AvgIpc) is 2.99. The Balaban J connectivity index is 1.80. The number of aliphatic hydroxyl groups excluding tert-OH is 1. The molecule has 0 radical (unpaired) electrons. The van der Waals surface area contributed by atoms with Gasteiger partial charge in [0.25, 0.3) is 10.0 Å². The van der Waals surface area contributed by atoms with Gasteiger partial charge in [0.1, 0.15) is 23.5 Å². The number of nitrogens with one attached hydrogen (secondary N) is 2. The lowest BCUT2D eigenvalue weighted by molar-refractivity contribution is -0.123. The Kier molecular flexibility index (Phi) is 6.71. The fourth-order valence-corrected chi connectivity index (χ4v) is 4.46. The number of amides is 1. The van der Waals surface area contributed by atoms with Gasteiger partial charge in [0.2, 0.25) is 5.91 Å². The topological polar surface area (TPSA) is 108 Å². The molecule has 0 aliphatic carbocycles. The molecule has 1 unspecified atom stereocenters. The first-order valence-corrected chi connectivity index (χ1v) is 11.2. The smallest absolute Gasteiger partial charge is 0.263 e. The standard InChI is InChI=1S/C21H23F2N3O4S/c1-3-12(2)19(25-20-15-6-4-5-7-18(15)31(29,30)26-20)21(28)24-11-17(27)14-9-8-13(22)10-16(14)23/h4-10,12,17,19,27H,3,11H2,1-2H3,(H,24,28)(H,25,26)/t12-,17?,19-/m0/s1. The molecular formula is C21H23F2N3O4S. The van der Waals surface area contributed by atoms with Crippen LogP contribution in [0.2, 0.25) is 0 Å². The van der Waals surface area contributed by atoms with Crippen LogP contribution in [0.4, 0.5) is 8.78 Å². The van der Waals surface area contributed by atoms with Crippen molar-refractivity contribution >= 4 is 21.8 Å². The van der Waals surface area contributed by atoms with Crippen LogP contribution in [0, 0.1) is 17.6 Å². The molecule has 2 aromatic rings. The van der Waals surface area contributed by atoms with Crippen molar-refractivity contribution in [2.24, 2.45) is 10.9 Å². The van der Waals surface area contributed by atoms with Gasteiger partial charge in [-0.15, -0.1) is 0 Å². The minimum atomic E-state index is -3.75. The highest BCUT2D eigenvalue weighted by Crippen LogP contribution is 2.24. The van der Waals surface area contributed by atoms with E-state index in [1.54, 1.807) is 25.1 Å². The minimum Gasteiger partial charge on any atom is -0.386 e. The van der Waals surface area contributed by atoms with Gasteiger partial charge in [0, 0.05) is 23.7 Å². The highest BCUT2D eigenvalue weighted by Gasteiger charge is 2.33. The van der Waals surface area contributed by atoms with Gasteiger partial charge >= 0.3 is 0 Å². The maximum atomic E-state index is 13.9. The first-order valence-electron chi connectivity index (χ1n) is 9.74. The van der Waals surface area contributed by atoms with E-state index in [1.807, 2.05) is 6.92 Å². The maximum absolute atomic E-state index is 13.9. The minimum absolute atomic E-state index is 0.0705. The van der Waals surface area contributed by atoms with Crippen LogP contribution in [-0.2, 0) is 14.8 Å². The molecule has 3 N–H and O–H groups in total. The Morgan fingerprint density at radius 1 is 1.23 bits per heavy atom. The number of nitrogens with zero attached hydrogens (tertiary/aromatic N) is 1. The van der Waals surface area contributed by atoms with E-state index >= 15 is 0 Å². The second-order valence-corrected chi connectivity index (χ2v) is 8.99. The molecule has 3 atom stereocenters. The number of sulfonamides is 1. The fraction of sp³-hybridized carbons (Fsp3) is 0.333. The molecule has 1 heterocycles. The number of hydrogen-bond acceptors (Lipinski definition) is 5. The second-order valence-electron chi connectivity index (χ2n) is 7.34. The van der Waals surface area contributed by atoms with Crippen LogP contribution in [0.15, 0.2) is 52.4 Å². The highest BCUT2D eigenvalue weighted by atomic mass is 32.2. The van der Waals surface area contributed by atoms with E-state index < -0.39 is 39.7 Å². The van der Waals surface area contributed by atoms with Crippen molar-refractivity contribution in [1.82, 2.24) is 10.0 Å². The van der Waals surface area contributed by atoms with Gasteiger partial charge in [-0.3, -0.25) is 14.5 Å². The van der Waals surface area contributed by atoms with Crippen molar-refractivity contribution in [2.75, 3.05) is 6.54 Å². The summed E-state index contributed by atoms with van der Waals surface area (Å²) in [6.07, 6.45) is -0.807. The van der Waals surface area contributed by atoms with E-state index in [0.717, 1.165) is 12.1 Å². The summed E-state index contributed by atoms with van der Waals surface area (Å²) >= 11 is 0. The molecule has 0 bridgehead atoms. The predicted molar refractivity (Wildman–Crippen MR) is 111 cm³/mol. The number of fused-ring (bicyclic) bond motifs is 1. The summed E-state index contributed by atoms with van der Waals surface area (Å²) in [5.74, 6) is -2.42. The summed E-state index contributed by atoms with van der Waals surface area (Å²) in [4.78, 5) is 17.3. The van der Waals surface area contributed by atoms with Gasteiger partial charge in [0.05, 0.1) is 11.0 Å². The third kappa shape index (κ3) is 4.91. The Morgan fingerprint density at radius 3 is 2.61 bits per heavy atom. The SMILES string of the molecule is CC[C@H](C)[C@H](N=C1NS(=O)(=O)c2ccccc21)C(=O)NCC(O)c1ccc(F)cc1F. The Labute approximate surface area is 179 Å². The zero-order chi connectivity index (χ0) is 22.8. The normalized spacial score (nSPS) is 18.7. The van der Waals surface area contributed by atoms with Crippen LogP contribution in [0.5, 0.6) is 0 Å². The van der Waals surface area contributed by atoms with Crippen LogP contribution in [0.25, 0.3) is 0 Å². The fourth-order valence-electron chi connectivity index (χ4n) is 3.22. The number of carbonyl (C=O) groups excluding carboxylic acids is 1. The molecule has 3 rings (SSSR count). The van der Waals surface area contributed by atoms with E-state index in [9.17, 15) is 27.1 Å². The average molecular weight is 451 g/mol. The van der Waals surface area contributed by atoms with Gasteiger partial charge in [-0.05, 0) is 24.1 Å². The van der Waals surface area contributed by atoms with E-state index in [-0.39, 0.29) is 28.8 Å². The molecule has 166 valence electrons. The Bertz CT molecular complexity index is 1120. The molecule has 1 amide bonds. The van der Waals surface area contributed by atoms with Crippen LogP contribution >= 0.6 is 0 Å². The highest BCUT2D eigenvalue weighted by molar-refractivity contribution is 7.90. The predicted octanol–water partition coefficient (Wildman–Crippen LogP) is 2.27. The van der Waals surface area contributed by atoms with Crippen molar-refractivity contribution in [2.45, 2.75) is 37.3 Å². The van der Waals surface area contributed by atoms with Crippen LogP contribution in [0.1, 0.15) is 37.5 Å². The molecule has 1 aliphatic rings. The molecule has 0 saturated heterocycles. The first kappa shape index (κ1) is 22.8. The van der Waals surface area contributed by atoms with Gasteiger partial charge < -0.3 is 10.4 Å². The van der Waals surface area contributed by atoms with E-state index in [0.29, 0.717) is 18.1 Å². The van der Waals surface area contributed by atoms with Gasteiger partial charge in [-0.25, -0.2) is 17.2 Å². The van der Waals surface area contributed by atoms with Crippen molar-refractivity contribution < 1.29 is 27.1 Å². The monoisotopic (exact) mass is 451 g/mol. The molecule has 0 fully saturated rings. The zero-order valence-corrected chi connectivity index (χ0v) is 17.8. The summed E-state index contributed by atoms with van der Waals surface area (Å²) in [6.45, 7) is 3.34. The third-order valence-electron chi connectivity index (χ3n) is 5.17. The second kappa shape index (κ2) is 9.11.